The van der Waals surface area contributed by atoms with E-state index in [9.17, 15) is 14.0 Å². The molecule has 7 heteroatoms. The summed E-state index contributed by atoms with van der Waals surface area (Å²) in [5.41, 5.74) is 0.398. The summed E-state index contributed by atoms with van der Waals surface area (Å²) < 4.78 is 14.2. The van der Waals surface area contributed by atoms with Crippen molar-refractivity contribution in [1.82, 2.24) is 10.6 Å². The van der Waals surface area contributed by atoms with Crippen molar-refractivity contribution >= 4 is 38.8 Å². The van der Waals surface area contributed by atoms with Crippen LogP contribution in [0.25, 0.3) is 0 Å². The zero-order valence-corrected chi connectivity index (χ0v) is 11.6. The number of rotatable bonds is 3. The zero-order chi connectivity index (χ0) is 13.1. The van der Waals surface area contributed by atoms with Crippen molar-refractivity contribution in [2.24, 2.45) is 0 Å². The lowest BCUT2D eigenvalue weighted by molar-refractivity contribution is -0.122. The van der Waals surface area contributed by atoms with Crippen LogP contribution in [0.15, 0.2) is 22.7 Å². The van der Waals surface area contributed by atoms with Crippen LogP contribution in [0.3, 0.4) is 0 Å². The summed E-state index contributed by atoms with van der Waals surface area (Å²) >= 11 is 4.31. The largest absolute Gasteiger partial charge is 0.350 e. The molecule has 1 aliphatic heterocycles. The van der Waals surface area contributed by atoms with Crippen LogP contribution in [0.5, 0.6) is 0 Å². The van der Waals surface area contributed by atoms with Gasteiger partial charge in [-0.05, 0) is 18.2 Å². The zero-order valence-electron chi connectivity index (χ0n) is 9.20. The molecule has 0 saturated carbocycles. The molecule has 96 valence electrons. The predicted molar refractivity (Wildman–Crippen MR) is 70.7 cm³/mol. The Hall–Kier alpha value is -1.08. The molecule has 1 heterocycles. The molecule has 0 spiro atoms. The summed E-state index contributed by atoms with van der Waals surface area (Å²) in [6.07, 6.45) is 0. The van der Waals surface area contributed by atoms with Gasteiger partial charge < -0.3 is 10.6 Å². The number of carbonyl (C=O) groups excluding carboxylic acids is 2. The molecule has 2 N–H and O–H groups in total. The quantitative estimate of drug-likeness (QED) is 0.890. The lowest BCUT2D eigenvalue weighted by Gasteiger charge is -2.10. The van der Waals surface area contributed by atoms with E-state index in [0.717, 1.165) is 16.2 Å². The Labute approximate surface area is 116 Å². The van der Waals surface area contributed by atoms with E-state index in [-0.39, 0.29) is 23.5 Å². The molecular weight excluding hydrogens is 323 g/mol. The van der Waals surface area contributed by atoms with Gasteiger partial charge in [0, 0.05) is 22.3 Å². The standard InChI is InChI=1S/C11H10BrFN2O2S/c12-7-1-2-8(13)6(3-7)4-14-10(16)9-5-18-11(17)15-9/h1-3,9H,4-5H2,(H,14,16)(H,15,17). The summed E-state index contributed by atoms with van der Waals surface area (Å²) in [4.78, 5) is 22.6. The van der Waals surface area contributed by atoms with Crippen LogP contribution < -0.4 is 10.6 Å². The third-order valence-corrected chi connectivity index (χ3v) is 3.82. The van der Waals surface area contributed by atoms with Gasteiger partial charge in [-0.25, -0.2) is 4.39 Å². The Balaban J connectivity index is 1.93. The monoisotopic (exact) mass is 332 g/mol. The van der Waals surface area contributed by atoms with Crippen molar-refractivity contribution in [3.8, 4) is 0 Å². The van der Waals surface area contributed by atoms with Crippen molar-refractivity contribution in [2.75, 3.05) is 5.75 Å². The van der Waals surface area contributed by atoms with Gasteiger partial charge in [-0.1, -0.05) is 27.7 Å². The molecule has 1 aliphatic rings. The maximum Gasteiger partial charge on any atom is 0.279 e. The molecule has 1 aromatic rings. The van der Waals surface area contributed by atoms with Gasteiger partial charge in [0.15, 0.2) is 0 Å². The van der Waals surface area contributed by atoms with Gasteiger partial charge >= 0.3 is 0 Å². The van der Waals surface area contributed by atoms with Crippen LogP contribution >= 0.6 is 27.7 Å². The van der Waals surface area contributed by atoms with Crippen LogP contribution in [0.4, 0.5) is 9.18 Å². The minimum atomic E-state index is -0.530. The minimum absolute atomic E-state index is 0.0984. The third kappa shape index (κ3) is 3.23. The van der Waals surface area contributed by atoms with E-state index in [1.54, 1.807) is 12.1 Å². The summed E-state index contributed by atoms with van der Waals surface area (Å²) in [5, 5.41) is 4.92. The molecule has 2 rings (SSSR count). The van der Waals surface area contributed by atoms with Crippen LogP contribution in [0, 0.1) is 5.82 Å². The molecule has 4 nitrogen and oxygen atoms in total. The molecule has 0 aliphatic carbocycles. The van der Waals surface area contributed by atoms with E-state index in [2.05, 4.69) is 26.6 Å². The molecule has 1 unspecified atom stereocenters. The van der Waals surface area contributed by atoms with Gasteiger partial charge in [0.25, 0.3) is 5.24 Å². The van der Waals surface area contributed by atoms with Crippen LogP contribution in [0.1, 0.15) is 5.56 Å². The predicted octanol–water partition coefficient (Wildman–Crippen LogP) is 2.03. The van der Waals surface area contributed by atoms with Crippen molar-refractivity contribution in [3.63, 3.8) is 0 Å². The fourth-order valence-corrected chi connectivity index (χ4v) is 2.70. The first-order valence-corrected chi connectivity index (χ1v) is 6.99. The topological polar surface area (TPSA) is 58.2 Å². The van der Waals surface area contributed by atoms with E-state index in [4.69, 9.17) is 0 Å². The molecule has 1 atom stereocenters. The SMILES string of the molecule is O=C1NC(C(=O)NCc2cc(Br)ccc2F)CS1. The number of halogens is 2. The number of benzene rings is 1. The summed E-state index contributed by atoms with van der Waals surface area (Å²) in [6, 6.07) is 4.00. The molecule has 18 heavy (non-hydrogen) atoms. The highest BCUT2D eigenvalue weighted by Gasteiger charge is 2.27. The molecule has 2 amide bonds. The maximum atomic E-state index is 13.4. The highest BCUT2D eigenvalue weighted by molar-refractivity contribution is 9.10. The summed E-state index contributed by atoms with van der Waals surface area (Å²) in [7, 11) is 0. The van der Waals surface area contributed by atoms with Crippen molar-refractivity contribution in [2.45, 2.75) is 12.6 Å². The van der Waals surface area contributed by atoms with Crippen LogP contribution in [0.2, 0.25) is 0 Å². The maximum absolute atomic E-state index is 13.4. The van der Waals surface area contributed by atoms with Gasteiger partial charge in [-0.3, -0.25) is 9.59 Å². The smallest absolute Gasteiger partial charge is 0.279 e. The number of nitrogens with one attached hydrogen (secondary N) is 2. The second kappa shape index (κ2) is 5.71. The lowest BCUT2D eigenvalue weighted by Crippen LogP contribution is -2.42. The number of carbonyl (C=O) groups is 2. The number of thioether (sulfide) groups is 1. The first-order chi connectivity index (χ1) is 8.56. The fourth-order valence-electron chi connectivity index (χ4n) is 1.51. The first-order valence-electron chi connectivity index (χ1n) is 5.21. The summed E-state index contributed by atoms with van der Waals surface area (Å²) in [6.45, 7) is 0.0984. The van der Waals surface area contributed by atoms with Gasteiger partial charge in [-0.2, -0.15) is 0 Å². The van der Waals surface area contributed by atoms with E-state index >= 15 is 0 Å². The highest BCUT2D eigenvalue weighted by Crippen LogP contribution is 2.16. The Bertz CT molecular complexity index is 498. The normalized spacial score (nSPS) is 18.6. The van der Waals surface area contributed by atoms with E-state index < -0.39 is 6.04 Å². The van der Waals surface area contributed by atoms with Crippen molar-refractivity contribution < 1.29 is 14.0 Å². The molecular formula is C11H10BrFN2O2S. The van der Waals surface area contributed by atoms with Gasteiger partial charge in [0.2, 0.25) is 5.91 Å². The number of hydrogen-bond donors (Lipinski definition) is 2. The van der Waals surface area contributed by atoms with Crippen LogP contribution in [-0.4, -0.2) is 22.9 Å². The third-order valence-electron chi connectivity index (χ3n) is 2.45. The molecule has 1 saturated heterocycles. The van der Waals surface area contributed by atoms with Gasteiger partial charge in [-0.15, -0.1) is 0 Å². The average molecular weight is 333 g/mol. The van der Waals surface area contributed by atoms with E-state index in [0.29, 0.717) is 11.3 Å². The second-order valence-corrected chi connectivity index (χ2v) is 5.66. The molecule has 0 aromatic heterocycles. The Morgan fingerprint density at radius 2 is 2.39 bits per heavy atom. The van der Waals surface area contributed by atoms with E-state index in [1.807, 2.05) is 0 Å². The van der Waals surface area contributed by atoms with Gasteiger partial charge in [0.1, 0.15) is 11.9 Å². The van der Waals surface area contributed by atoms with Crippen molar-refractivity contribution in [3.05, 3.63) is 34.1 Å². The molecule has 1 aromatic carbocycles. The Kier molecular flexibility index (Phi) is 4.23. The summed E-state index contributed by atoms with van der Waals surface area (Å²) in [5.74, 6) is -0.262. The minimum Gasteiger partial charge on any atom is -0.350 e. The Morgan fingerprint density at radius 3 is 3.06 bits per heavy atom. The fraction of sp³-hybridized carbons (Fsp3) is 0.273. The number of hydrogen-bond acceptors (Lipinski definition) is 3. The molecule has 1 fully saturated rings. The number of amides is 2. The van der Waals surface area contributed by atoms with Crippen LogP contribution in [-0.2, 0) is 11.3 Å². The second-order valence-electron chi connectivity index (χ2n) is 3.75. The van der Waals surface area contributed by atoms with E-state index in [1.165, 1.54) is 6.07 Å². The average Bonchev–Trinajstić information content (AvgIpc) is 2.77. The highest BCUT2D eigenvalue weighted by atomic mass is 79.9. The molecule has 0 radical (unpaired) electrons. The van der Waals surface area contributed by atoms with Gasteiger partial charge in [0.05, 0.1) is 0 Å². The first kappa shape index (κ1) is 13.4. The lowest BCUT2D eigenvalue weighted by atomic mass is 10.2. The Morgan fingerprint density at radius 1 is 1.61 bits per heavy atom. The van der Waals surface area contributed by atoms with Crippen molar-refractivity contribution in [1.29, 1.82) is 0 Å². The molecule has 0 bridgehead atoms.